The fraction of sp³-hybridized carbons (Fsp3) is 0.200. The zero-order valence-corrected chi connectivity index (χ0v) is 21.3. The summed E-state index contributed by atoms with van der Waals surface area (Å²) in [6.07, 6.45) is 0.785. The van der Waals surface area contributed by atoms with Gasteiger partial charge in [-0.3, -0.25) is 14.9 Å². The van der Waals surface area contributed by atoms with Gasteiger partial charge in [0.2, 0.25) is 10.0 Å². The summed E-state index contributed by atoms with van der Waals surface area (Å²) >= 11 is 1.20. The van der Waals surface area contributed by atoms with E-state index >= 15 is 0 Å². The molecule has 186 valence electrons. The van der Waals surface area contributed by atoms with E-state index in [1.54, 1.807) is 6.07 Å². The highest BCUT2D eigenvalue weighted by atomic mass is 32.2. The van der Waals surface area contributed by atoms with Crippen LogP contribution in [0.5, 0.6) is 0 Å². The first-order chi connectivity index (χ1) is 17.2. The zero-order valence-electron chi connectivity index (χ0n) is 19.7. The van der Waals surface area contributed by atoms with E-state index in [4.69, 9.17) is 0 Å². The Morgan fingerprint density at radius 1 is 1.08 bits per heavy atom. The van der Waals surface area contributed by atoms with Crippen LogP contribution in [0, 0.1) is 10.1 Å². The van der Waals surface area contributed by atoms with Crippen molar-refractivity contribution in [3.05, 3.63) is 98.8 Å². The van der Waals surface area contributed by atoms with E-state index in [2.05, 4.69) is 4.99 Å². The maximum atomic E-state index is 13.0. The summed E-state index contributed by atoms with van der Waals surface area (Å²) < 4.78 is 29.7. The molecule has 1 amide bonds. The van der Waals surface area contributed by atoms with Crippen LogP contribution in [-0.2, 0) is 23.1 Å². The monoisotopic (exact) mass is 524 g/mol. The van der Waals surface area contributed by atoms with Crippen LogP contribution in [0.2, 0.25) is 0 Å². The second kappa shape index (κ2) is 10.5. The Balaban J connectivity index is 1.62. The molecular formula is C25H24N4O5S2. The minimum atomic E-state index is -3.75. The molecule has 0 aliphatic rings. The summed E-state index contributed by atoms with van der Waals surface area (Å²) in [5.74, 6) is -0.525. The Morgan fingerprint density at radius 3 is 2.42 bits per heavy atom. The first-order valence-electron chi connectivity index (χ1n) is 11.2. The number of fused-ring (bicyclic) bond motifs is 1. The number of nitro benzene ring substituents is 1. The van der Waals surface area contributed by atoms with Gasteiger partial charge in [-0.25, -0.2) is 8.42 Å². The van der Waals surface area contributed by atoms with E-state index < -0.39 is 20.9 Å². The standard InChI is InChI=1S/C25H24N4O5S2/c1-3-15-28-22-14-11-20(29(31)32)16-23(22)35-25(28)26-24(30)19-9-12-21(13-10-19)36(33,34)27(2)17-18-7-5-4-6-8-18/h4-14,16H,3,15,17H2,1-2H3. The van der Waals surface area contributed by atoms with Crippen LogP contribution in [-0.4, -0.2) is 35.2 Å². The van der Waals surface area contributed by atoms with E-state index in [0.717, 1.165) is 17.5 Å². The van der Waals surface area contributed by atoms with E-state index in [1.807, 2.05) is 41.8 Å². The van der Waals surface area contributed by atoms with Gasteiger partial charge in [-0.05, 0) is 42.3 Å². The molecule has 0 atom stereocenters. The number of benzene rings is 3. The quantitative estimate of drug-likeness (QED) is 0.247. The Morgan fingerprint density at radius 2 is 1.78 bits per heavy atom. The highest BCUT2D eigenvalue weighted by Crippen LogP contribution is 2.24. The summed E-state index contributed by atoms with van der Waals surface area (Å²) in [7, 11) is -2.24. The van der Waals surface area contributed by atoms with Crippen molar-refractivity contribution in [2.45, 2.75) is 31.3 Å². The van der Waals surface area contributed by atoms with Gasteiger partial charge in [-0.15, -0.1) is 0 Å². The van der Waals surface area contributed by atoms with E-state index in [9.17, 15) is 23.3 Å². The number of carbonyl (C=O) groups is 1. The van der Waals surface area contributed by atoms with Crippen LogP contribution < -0.4 is 4.80 Å². The van der Waals surface area contributed by atoms with Crippen molar-refractivity contribution in [1.82, 2.24) is 8.87 Å². The molecule has 0 saturated carbocycles. The molecule has 36 heavy (non-hydrogen) atoms. The smallest absolute Gasteiger partial charge is 0.279 e. The predicted molar refractivity (Wildman–Crippen MR) is 138 cm³/mol. The third-order valence-electron chi connectivity index (χ3n) is 5.58. The Labute approximate surface area is 212 Å². The Bertz CT molecular complexity index is 1590. The minimum absolute atomic E-state index is 0.0284. The molecule has 3 aromatic carbocycles. The van der Waals surface area contributed by atoms with E-state index in [1.165, 1.54) is 59.1 Å². The maximum Gasteiger partial charge on any atom is 0.279 e. The van der Waals surface area contributed by atoms with Crippen LogP contribution >= 0.6 is 11.3 Å². The van der Waals surface area contributed by atoms with E-state index in [0.29, 0.717) is 16.0 Å². The Hall–Kier alpha value is -3.67. The van der Waals surface area contributed by atoms with Gasteiger partial charge in [-0.2, -0.15) is 9.30 Å². The fourth-order valence-corrected chi connectivity index (χ4v) is 5.97. The predicted octanol–water partition coefficient (Wildman–Crippen LogP) is 4.58. The van der Waals surface area contributed by atoms with Crippen LogP contribution in [0.15, 0.2) is 82.7 Å². The average molecular weight is 525 g/mol. The topological polar surface area (TPSA) is 115 Å². The van der Waals surface area contributed by atoms with Crippen molar-refractivity contribution in [3.8, 4) is 0 Å². The number of aryl methyl sites for hydroxylation is 1. The first-order valence-corrected chi connectivity index (χ1v) is 13.4. The molecule has 4 rings (SSSR count). The molecule has 0 saturated heterocycles. The van der Waals surface area contributed by atoms with Gasteiger partial charge in [0, 0.05) is 37.8 Å². The number of non-ortho nitro benzene ring substituents is 1. The summed E-state index contributed by atoms with van der Waals surface area (Å²) in [5.41, 5.74) is 1.84. The number of hydrogen-bond donors (Lipinski definition) is 0. The lowest BCUT2D eigenvalue weighted by Crippen LogP contribution is -2.26. The summed E-state index contributed by atoms with van der Waals surface area (Å²) in [5, 5.41) is 11.1. The number of carbonyl (C=O) groups excluding carboxylic acids is 1. The van der Waals surface area contributed by atoms with Gasteiger partial charge >= 0.3 is 0 Å². The number of nitro groups is 1. The van der Waals surface area contributed by atoms with Crippen LogP contribution in [0.25, 0.3) is 10.2 Å². The minimum Gasteiger partial charge on any atom is -0.316 e. The number of thiazole rings is 1. The van der Waals surface area contributed by atoms with Crippen molar-refractivity contribution in [2.24, 2.45) is 4.99 Å². The lowest BCUT2D eigenvalue weighted by atomic mass is 10.2. The second-order valence-electron chi connectivity index (χ2n) is 8.13. The molecule has 9 nitrogen and oxygen atoms in total. The molecule has 0 aliphatic heterocycles. The van der Waals surface area contributed by atoms with Crippen molar-refractivity contribution in [2.75, 3.05) is 7.05 Å². The maximum absolute atomic E-state index is 13.0. The molecule has 11 heteroatoms. The summed E-state index contributed by atoms with van der Waals surface area (Å²) in [6, 6.07) is 19.5. The molecule has 1 aromatic heterocycles. The number of aromatic nitrogens is 1. The lowest BCUT2D eigenvalue weighted by Gasteiger charge is -2.17. The second-order valence-corrected chi connectivity index (χ2v) is 11.2. The molecule has 0 unspecified atom stereocenters. The molecule has 1 heterocycles. The van der Waals surface area contributed by atoms with Crippen LogP contribution in [0.4, 0.5) is 5.69 Å². The van der Waals surface area contributed by atoms with Gasteiger partial charge < -0.3 is 4.57 Å². The number of hydrogen-bond acceptors (Lipinski definition) is 6. The highest BCUT2D eigenvalue weighted by Gasteiger charge is 2.21. The van der Waals surface area contributed by atoms with Crippen LogP contribution in [0.1, 0.15) is 29.3 Å². The summed E-state index contributed by atoms with van der Waals surface area (Å²) in [4.78, 5) is 28.4. The molecule has 0 bridgehead atoms. The highest BCUT2D eigenvalue weighted by molar-refractivity contribution is 7.89. The molecule has 0 fully saturated rings. The third-order valence-corrected chi connectivity index (χ3v) is 8.44. The third kappa shape index (κ3) is 5.27. The number of amides is 1. The van der Waals surface area contributed by atoms with Crippen molar-refractivity contribution < 1.29 is 18.1 Å². The number of nitrogens with zero attached hydrogens (tertiary/aromatic N) is 4. The van der Waals surface area contributed by atoms with Crippen molar-refractivity contribution in [3.63, 3.8) is 0 Å². The van der Waals surface area contributed by atoms with Crippen LogP contribution in [0.3, 0.4) is 0 Å². The molecule has 0 N–H and O–H groups in total. The normalized spacial score (nSPS) is 12.4. The molecular weight excluding hydrogens is 500 g/mol. The Kier molecular flexibility index (Phi) is 7.43. The molecule has 0 spiro atoms. The lowest BCUT2D eigenvalue weighted by molar-refractivity contribution is -0.384. The summed E-state index contributed by atoms with van der Waals surface area (Å²) in [6.45, 7) is 2.80. The fourth-order valence-electron chi connectivity index (χ4n) is 3.73. The molecule has 4 aromatic rings. The van der Waals surface area contributed by atoms with Gasteiger partial charge in [0.1, 0.15) is 0 Å². The number of sulfonamides is 1. The van der Waals surface area contributed by atoms with Crippen molar-refractivity contribution in [1.29, 1.82) is 0 Å². The van der Waals surface area contributed by atoms with Gasteiger partial charge in [0.15, 0.2) is 4.80 Å². The van der Waals surface area contributed by atoms with E-state index in [-0.39, 0.29) is 22.7 Å². The van der Waals surface area contributed by atoms with Gasteiger partial charge in [0.05, 0.1) is 20.0 Å². The first kappa shape index (κ1) is 25.4. The van der Waals surface area contributed by atoms with Gasteiger partial charge in [-0.1, -0.05) is 48.6 Å². The largest absolute Gasteiger partial charge is 0.316 e. The zero-order chi connectivity index (χ0) is 25.9. The number of rotatable bonds is 8. The van der Waals surface area contributed by atoms with Crippen molar-refractivity contribution >= 4 is 43.2 Å². The molecule has 0 aliphatic carbocycles. The SMILES string of the molecule is CCCn1c(=NC(=O)c2ccc(S(=O)(=O)N(C)Cc3ccccc3)cc2)sc2cc([N+](=O)[O-])ccc21. The van der Waals surface area contributed by atoms with Gasteiger partial charge in [0.25, 0.3) is 11.6 Å². The average Bonchev–Trinajstić information content (AvgIpc) is 3.20. The molecule has 0 radical (unpaired) electrons.